The van der Waals surface area contributed by atoms with Crippen LogP contribution in [0.25, 0.3) is 0 Å². The number of nitrogens with zero attached hydrogens (tertiary/aromatic N) is 1. The molecule has 2 fully saturated rings. The summed E-state index contributed by atoms with van der Waals surface area (Å²) in [6, 6.07) is 4.94. The van der Waals surface area contributed by atoms with Gasteiger partial charge >= 0.3 is 0 Å². The van der Waals surface area contributed by atoms with E-state index in [2.05, 4.69) is 34.8 Å². The molecular weight excluding hydrogens is 244 g/mol. The summed E-state index contributed by atoms with van der Waals surface area (Å²) < 4.78 is 6.16. The van der Waals surface area contributed by atoms with Crippen LogP contribution < -0.4 is 5.32 Å². The predicted octanol–water partition coefficient (Wildman–Crippen LogP) is 2.09. The molecule has 1 N–H and O–H groups in total. The van der Waals surface area contributed by atoms with Crippen molar-refractivity contribution in [2.45, 2.75) is 37.5 Å². The van der Waals surface area contributed by atoms with Crippen LogP contribution in [-0.2, 0) is 11.3 Å². The zero-order chi connectivity index (χ0) is 12.4. The molecule has 0 unspecified atom stereocenters. The van der Waals surface area contributed by atoms with Crippen molar-refractivity contribution in [2.75, 3.05) is 26.7 Å². The lowest BCUT2D eigenvalue weighted by Crippen LogP contribution is -2.42. The van der Waals surface area contributed by atoms with Crippen molar-refractivity contribution in [1.82, 2.24) is 10.2 Å². The Bertz CT molecular complexity index is 373. The van der Waals surface area contributed by atoms with Crippen LogP contribution in [0, 0.1) is 0 Å². The summed E-state index contributed by atoms with van der Waals surface area (Å²) in [4.78, 5) is 3.91. The van der Waals surface area contributed by atoms with Gasteiger partial charge < -0.3 is 10.1 Å². The molecule has 0 radical (unpaired) electrons. The third-order valence-electron chi connectivity index (χ3n) is 4.31. The van der Waals surface area contributed by atoms with Gasteiger partial charge in [-0.1, -0.05) is 6.07 Å². The van der Waals surface area contributed by atoms with E-state index in [9.17, 15) is 0 Å². The van der Waals surface area contributed by atoms with Gasteiger partial charge in [0.25, 0.3) is 0 Å². The monoisotopic (exact) mass is 266 g/mol. The second-order valence-electron chi connectivity index (χ2n) is 5.60. The van der Waals surface area contributed by atoms with Crippen LogP contribution in [-0.4, -0.2) is 43.3 Å². The van der Waals surface area contributed by atoms with Crippen molar-refractivity contribution >= 4 is 11.3 Å². The van der Waals surface area contributed by atoms with Gasteiger partial charge in [0.15, 0.2) is 0 Å². The lowest BCUT2D eigenvalue weighted by Gasteiger charge is -2.33. The first-order valence-electron chi connectivity index (χ1n) is 6.85. The number of thiophene rings is 1. The smallest absolute Gasteiger partial charge is 0.0723 e. The van der Waals surface area contributed by atoms with E-state index in [1.807, 2.05) is 11.3 Å². The normalized spacial score (nSPS) is 27.1. The van der Waals surface area contributed by atoms with Crippen molar-refractivity contribution < 1.29 is 4.74 Å². The average Bonchev–Trinajstić information content (AvgIpc) is 3.01. The molecule has 3 rings (SSSR count). The fraction of sp³-hybridized carbons (Fsp3) is 0.714. The molecule has 3 heterocycles. The number of likely N-dealkylation sites (N-methyl/N-ethyl adjacent to an activating group) is 1. The minimum atomic E-state index is 0.180. The summed E-state index contributed by atoms with van der Waals surface area (Å²) in [6.45, 7) is 4.19. The first kappa shape index (κ1) is 12.6. The highest BCUT2D eigenvalue weighted by Crippen LogP contribution is 2.36. The second-order valence-corrected chi connectivity index (χ2v) is 6.63. The van der Waals surface area contributed by atoms with Crippen molar-refractivity contribution in [2.24, 2.45) is 0 Å². The summed E-state index contributed by atoms with van der Waals surface area (Å²) in [5.41, 5.74) is 0.180. The van der Waals surface area contributed by atoms with E-state index in [-0.39, 0.29) is 5.60 Å². The molecule has 2 aliphatic heterocycles. The summed E-state index contributed by atoms with van der Waals surface area (Å²) in [6.07, 6.45) is 3.56. The SMILES string of the molecule is CN(Cc1cccs1)[C@@H]1COC2(CCNCC2)C1. The fourth-order valence-electron chi connectivity index (χ4n) is 3.11. The second kappa shape index (κ2) is 5.29. The number of ether oxygens (including phenoxy) is 1. The molecule has 4 heteroatoms. The van der Waals surface area contributed by atoms with E-state index in [1.165, 1.54) is 24.1 Å². The minimum absolute atomic E-state index is 0.180. The number of hydrogen-bond acceptors (Lipinski definition) is 4. The topological polar surface area (TPSA) is 24.5 Å². The Morgan fingerprint density at radius 1 is 1.50 bits per heavy atom. The predicted molar refractivity (Wildman–Crippen MR) is 75.0 cm³/mol. The van der Waals surface area contributed by atoms with Crippen LogP contribution in [0.3, 0.4) is 0 Å². The van der Waals surface area contributed by atoms with Crippen molar-refractivity contribution in [1.29, 1.82) is 0 Å². The zero-order valence-electron chi connectivity index (χ0n) is 11.0. The molecule has 18 heavy (non-hydrogen) atoms. The summed E-state index contributed by atoms with van der Waals surface area (Å²) >= 11 is 1.84. The number of piperidine rings is 1. The van der Waals surface area contributed by atoms with Gasteiger partial charge in [-0.2, -0.15) is 0 Å². The molecule has 1 atom stereocenters. The number of nitrogens with one attached hydrogen (secondary N) is 1. The third-order valence-corrected chi connectivity index (χ3v) is 5.17. The molecule has 0 saturated carbocycles. The average molecular weight is 266 g/mol. The largest absolute Gasteiger partial charge is 0.373 e. The molecule has 2 saturated heterocycles. The molecule has 0 bridgehead atoms. The van der Waals surface area contributed by atoms with E-state index in [0.717, 1.165) is 26.2 Å². The Kier molecular flexibility index (Phi) is 3.71. The Balaban J connectivity index is 1.57. The summed E-state index contributed by atoms with van der Waals surface area (Å²) in [5.74, 6) is 0. The lowest BCUT2D eigenvalue weighted by molar-refractivity contribution is -0.0201. The van der Waals surface area contributed by atoms with Gasteiger partial charge in [-0.15, -0.1) is 11.3 Å². The lowest BCUT2D eigenvalue weighted by atomic mass is 9.88. The molecule has 2 aliphatic rings. The van der Waals surface area contributed by atoms with Gasteiger partial charge in [0.2, 0.25) is 0 Å². The molecular formula is C14H22N2OS. The molecule has 0 amide bonds. The number of rotatable bonds is 3. The van der Waals surface area contributed by atoms with Crippen LogP contribution in [0.4, 0.5) is 0 Å². The fourth-order valence-corrected chi connectivity index (χ4v) is 3.88. The first-order chi connectivity index (χ1) is 8.77. The van der Waals surface area contributed by atoms with Crippen LogP contribution in [0.2, 0.25) is 0 Å². The summed E-state index contributed by atoms with van der Waals surface area (Å²) in [5, 5.41) is 5.58. The Labute approximate surface area is 113 Å². The maximum absolute atomic E-state index is 6.16. The van der Waals surface area contributed by atoms with Gasteiger partial charge in [0, 0.05) is 17.5 Å². The molecule has 3 nitrogen and oxygen atoms in total. The van der Waals surface area contributed by atoms with Crippen LogP contribution >= 0.6 is 11.3 Å². The standard InChI is InChI=1S/C14H22N2OS/c1-16(10-13-3-2-8-18-13)12-9-14(17-11-12)4-6-15-7-5-14/h2-3,8,12,15H,4-7,9-11H2,1H3/t12-/m0/s1. The zero-order valence-corrected chi connectivity index (χ0v) is 11.8. The Hall–Kier alpha value is -0.420. The van der Waals surface area contributed by atoms with E-state index in [1.54, 1.807) is 0 Å². The van der Waals surface area contributed by atoms with Crippen LogP contribution in [0.15, 0.2) is 17.5 Å². The maximum Gasteiger partial charge on any atom is 0.0723 e. The molecule has 1 aromatic heterocycles. The van der Waals surface area contributed by atoms with E-state index in [0.29, 0.717) is 6.04 Å². The van der Waals surface area contributed by atoms with Gasteiger partial charge in [-0.25, -0.2) is 0 Å². The van der Waals surface area contributed by atoms with E-state index in [4.69, 9.17) is 4.74 Å². The third kappa shape index (κ3) is 2.62. The maximum atomic E-state index is 6.16. The van der Waals surface area contributed by atoms with Gasteiger partial charge in [-0.3, -0.25) is 4.90 Å². The summed E-state index contributed by atoms with van der Waals surface area (Å²) in [7, 11) is 2.23. The van der Waals surface area contributed by atoms with E-state index >= 15 is 0 Å². The highest BCUT2D eigenvalue weighted by Gasteiger charge is 2.42. The highest BCUT2D eigenvalue weighted by atomic mass is 32.1. The highest BCUT2D eigenvalue weighted by molar-refractivity contribution is 7.09. The van der Waals surface area contributed by atoms with Gasteiger partial charge in [-0.05, 0) is 50.8 Å². The first-order valence-corrected chi connectivity index (χ1v) is 7.73. The van der Waals surface area contributed by atoms with Crippen LogP contribution in [0.1, 0.15) is 24.1 Å². The Morgan fingerprint density at radius 2 is 2.33 bits per heavy atom. The van der Waals surface area contributed by atoms with E-state index < -0.39 is 0 Å². The van der Waals surface area contributed by atoms with Gasteiger partial charge in [0.05, 0.1) is 12.2 Å². The van der Waals surface area contributed by atoms with Gasteiger partial charge in [0.1, 0.15) is 0 Å². The molecule has 1 aromatic rings. The van der Waals surface area contributed by atoms with Crippen LogP contribution in [0.5, 0.6) is 0 Å². The molecule has 0 aliphatic carbocycles. The molecule has 1 spiro atoms. The van der Waals surface area contributed by atoms with Crippen molar-refractivity contribution in [3.05, 3.63) is 22.4 Å². The van der Waals surface area contributed by atoms with Crippen molar-refractivity contribution in [3.63, 3.8) is 0 Å². The van der Waals surface area contributed by atoms with Crippen molar-refractivity contribution in [3.8, 4) is 0 Å². The Morgan fingerprint density at radius 3 is 3.06 bits per heavy atom. The minimum Gasteiger partial charge on any atom is -0.373 e. The quantitative estimate of drug-likeness (QED) is 0.906. The number of hydrogen-bond donors (Lipinski definition) is 1. The molecule has 100 valence electrons. The molecule has 0 aromatic carbocycles.